The molecule has 0 aromatic carbocycles. The first-order valence-electron chi connectivity index (χ1n) is 9.33. The summed E-state index contributed by atoms with van der Waals surface area (Å²) in [6, 6.07) is 2.03. The van der Waals surface area contributed by atoms with Gasteiger partial charge in [-0.15, -0.1) is 0 Å². The molecule has 0 spiro atoms. The maximum absolute atomic E-state index is 12.4. The van der Waals surface area contributed by atoms with Crippen LogP contribution in [0.25, 0.3) is 0 Å². The summed E-state index contributed by atoms with van der Waals surface area (Å²) >= 11 is 0. The van der Waals surface area contributed by atoms with Crippen LogP contribution in [0.3, 0.4) is 0 Å². The van der Waals surface area contributed by atoms with E-state index in [1.54, 1.807) is 16.6 Å². The molecule has 8 heteroatoms. The molecule has 26 heavy (non-hydrogen) atoms. The van der Waals surface area contributed by atoms with Gasteiger partial charge in [0.1, 0.15) is 6.54 Å². The van der Waals surface area contributed by atoms with Crippen molar-refractivity contribution in [1.82, 2.24) is 30.1 Å². The molecule has 0 aliphatic carbocycles. The molecule has 0 radical (unpaired) electrons. The Bertz CT molecular complexity index is 717. The molecule has 1 aliphatic heterocycles. The summed E-state index contributed by atoms with van der Waals surface area (Å²) in [5.41, 5.74) is 1.07. The third-order valence-corrected chi connectivity index (χ3v) is 4.75. The van der Waals surface area contributed by atoms with Crippen molar-refractivity contribution >= 4 is 5.91 Å². The number of likely N-dealkylation sites (N-methyl/N-ethyl adjacent to an activating group) is 1. The topological polar surface area (TPSA) is 89.1 Å². The first kappa shape index (κ1) is 18.6. The predicted octanol–water partition coefficient (Wildman–Crippen LogP) is 1.56. The first-order valence-corrected chi connectivity index (χ1v) is 9.33. The van der Waals surface area contributed by atoms with E-state index in [1.165, 1.54) is 6.42 Å². The number of nitrogens with one attached hydrogen (secondary N) is 1. The number of amides is 1. The van der Waals surface area contributed by atoms with Gasteiger partial charge in [-0.05, 0) is 25.5 Å². The fraction of sp³-hybridized carbons (Fsp3) is 0.667. The van der Waals surface area contributed by atoms with Crippen molar-refractivity contribution in [3.63, 3.8) is 0 Å². The van der Waals surface area contributed by atoms with Gasteiger partial charge >= 0.3 is 0 Å². The Hall–Kier alpha value is -2.22. The molecule has 1 N–H and O–H groups in total. The van der Waals surface area contributed by atoms with Crippen LogP contribution in [0.5, 0.6) is 0 Å². The van der Waals surface area contributed by atoms with Crippen LogP contribution in [0.15, 0.2) is 16.8 Å². The Balaban J connectivity index is 1.48. The standard InChI is InChI=1S/C18H28N6O2/c1-13(2)18-20-16(22-26-18)7-9-23(3)17(25)12-24-10-6-15(21-24)14-5-4-8-19-11-14/h6,10,13-14,19H,4-5,7-9,11-12H2,1-3H3/t14-/m1/s1. The highest BCUT2D eigenvalue weighted by molar-refractivity contribution is 5.75. The van der Waals surface area contributed by atoms with Crippen LogP contribution >= 0.6 is 0 Å². The van der Waals surface area contributed by atoms with Gasteiger partial charge in [-0.2, -0.15) is 10.1 Å². The van der Waals surface area contributed by atoms with E-state index in [9.17, 15) is 4.79 Å². The fourth-order valence-corrected chi connectivity index (χ4v) is 3.04. The molecule has 1 fully saturated rings. The second-order valence-corrected chi connectivity index (χ2v) is 7.25. The molecule has 1 aliphatic rings. The second kappa shape index (κ2) is 8.44. The molecular weight excluding hydrogens is 332 g/mol. The van der Waals surface area contributed by atoms with Gasteiger partial charge in [0.05, 0.1) is 5.69 Å². The van der Waals surface area contributed by atoms with Crippen molar-refractivity contribution in [2.24, 2.45) is 0 Å². The number of aromatic nitrogens is 4. The lowest BCUT2D eigenvalue weighted by Gasteiger charge is -2.20. The molecule has 3 rings (SSSR count). The Morgan fingerprint density at radius 1 is 1.50 bits per heavy atom. The van der Waals surface area contributed by atoms with Crippen molar-refractivity contribution in [3.05, 3.63) is 29.7 Å². The van der Waals surface area contributed by atoms with Gasteiger partial charge < -0.3 is 14.7 Å². The van der Waals surface area contributed by atoms with Crippen LogP contribution in [0.4, 0.5) is 0 Å². The van der Waals surface area contributed by atoms with E-state index in [0.717, 1.165) is 25.2 Å². The number of carbonyl (C=O) groups is 1. The molecule has 3 heterocycles. The number of carbonyl (C=O) groups excluding carboxylic acids is 1. The molecule has 2 aromatic heterocycles. The minimum absolute atomic E-state index is 0.0222. The van der Waals surface area contributed by atoms with E-state index in [4.69, 9.17) is 4.52 Å². The van der Waals surface area contributed by atoms with Crippen LogP contribution in [-0.2, 0) is 17.8 Å². The highest BCUT2D eigenvalue weighted by Gasteiger charge is 2.19. The lowest BCUT2D eigenvalue weighted by atomic mass is 9.97. The van der Waals surface area contributed by atoms with Gasteiger partial charge in [-0.1, -0.05) is 19.0 Å². The molecule has 1 amide bonds. The molecule has 1 atom stereocenters. The predicted molar refractivity (Wildman–Crippen MR) is 96.8 cm³/mol. The van der Waals surface area contributed by atoms with Crippen LogP contribution < -0.4 is 5.32 Å². The smallest absolute Gasteiger partial charge is 0.244 e. The average Bonchev–Trinajstić information content (AvgIpc) is 3.30. The molecular formula is C18H28N6O2. The van der Waals surface area contributed by atoms with Crippen molar-refractivity contribution in [2.75, 3.05) is 26.7 Å². The highest BCUT2D eigenvalue weighted by Crippen LogP contribution is 2.21. The van der Waals surface area contributed by atoms with E-state index in [-0.39, 0.29) is 18.4 Å². The summed E-state index contributed by atoms with van der Waals surface area (Å²) < 4.78 is 6.92. The Morgan fingerprint density at radius 2 is 2.35 bits per heavy atom. The van der Waals surface area contributed by atoms with Gasteiger partial charge in [0.2, 0.25) is 11.8 Å². The minimum atomic E-state index is 0.0222. The van der Waals surface area contributed by atoms with Crippen molar-refractivity contribution in [2.45, 2.75) is 51.5 Å². The Labute approximate surface area is 153 Å². The zero-order valence-corrected chi connectivity index (χ0v) is 15.8. The number of hydrogen-bond acceptors (Lipinski definition) is 6. The lowest BCUT2D eigenvalue weighted by molar-refractivity contribution is -0.130. The normalized spacial score (nSPS) is 17.6. The van der Waals surface area contributed by atoms with Crippen molar-refractivity contribution < 1.29 is 9.32 Å². The molecule has 2 aromatic rings. The molecule has 0 saturated carbocycles. The Kier molecular flexibility index (Phi) is 6.03. The molecule has 8 nitrogen and oxygen atoms in total. The molecule has 142 valence electrons. The van der Waals surface area contributed by atoms with Gasteiger partial charge in [-0.3, -0.25) is 9.48 Å². The molecule has 1 saturated heterocycles. The molecule has 0 bridgehead atoms. The van der Waals surface area contributed by atoms with Crippen LogP contribution in [-0.4, -0.2) is 57.4 Å². The van der Waals surface area contributed by atoms with Crippen LogP contribution in [0.1, 0.15) is 55.9 Å². The summed E-state index contributed by atoms with van der Waals surface area (Å²) in [5.74, 6) is 1.96. The summed E-state index contributed by atoms with van der Waals surface area (Å²) in [6.45, 7) is 6.87. The summed E-state index contributed by atoms with van der Waals surface area (Å²) in [7, 11) is 1.79. The average molecular weight is 360 g/mol. The van der Waals surface area contributed by atoms with Crippen molar-refractivity contribution in [1.29, 1.82) is 0 Å². The third kappa shape index (κ3) is 4.69. The van der Waals surface area contributed by atoms with Crippen molar-refractivity contribution in [3.8, 4) is 0 Å². The number of hydrogen-bond donors (Lipinski definition) is 1. The molecule has 0 unspecified atom stereocenters. The van der Waals surface area contributed by atoms with E-state index >= 15 is 0 Å². The minimum Gasteiger partial charge on any atom is -0.344 e. The fourth-order valence-electron chi connectivity index (χ4n) is 3.04. The zero-order chi connectivity index (χ0) is 18.5. The van der Waals surface area contributed by atoms with E-state index in [0.29, 0.717) is 30.6 Å². The van der Waals surface area contributed by atoms with Gasteiger partial charge in [0.15, 0.2) is 5.82 Å². The SMILES string of the molecule is CC(C)c1nc(CCN(C)C(=O)Cn2ccc([C@@H]3CCCNC3)n2)no1. The Morgan fingerprint density at radius 3 is 3.04 bits per heavy atom. The lowest BCUT2D eigenvalue weighted by Crippen LogP contribution is -2.32. The first-order chi connectivity index (χ1) is 12.5. The maximum atomic E-state index is 12.4. The van der Waals surface area contributed by atoms with Gasteiger partial charge in [0.25, 0.3) is 0 Å². The highest BCUT2D eigenvalue weighted by atomic mass is 16.5. The van der Waals surface area contributed by atoms with E-state index < -0.39 is 0 Å². The monoisotopic (exact) mass is 360 g/mol. The maximum Gasteiger partial charge on any atom is 0.244 e. The number of rotatable bonds is 7. The summed E-state index contributed by atoms with van der Waals surface area (Å²) in [4.78, 5) is 18.5. The third-order valence-electron chi connectivity index (χ3n) is 4.75. The zero-order valence-electron chi connectivity index (χ0n) is 15.8. The number of piperidine rings is 1. The van der Waals surface area contributed by atoms with Gasteiger partial charge in [0, 0.05) is 44.6 Å². The van der Waals surface area contributed by atoms with Gasteiger partial charge in [-0.25, -0.2) is 0 Å². The summed E-state index contributed by atoms with van der Waals surface area (Å²) in [6.07, 6.45) is 4.80. The van der Waals surface area contributed by atoms with E-state index in [1.807, 2.05) is 26.1 Å². The van der Waals surface area contributed by atoms with E-state index in [2.05, 4.69) is 20.6 Å². The number of nitrogens with zero attached hydrogens (tertiary/aromatic N) is 5. The quantitative estimate of drug-likeness (QED) is 0.806. The largest absolute Gasteiger partial charge is 0.344 e. The summed E-state index contributed by atoms with van der Waals surface area (Å²) in [5, 5.41) is 11.9. The van der Waals surface area contributed by atoms with Crippen LogP contribution in [0.2, 0.25) is 0 Å². The second-order valence-electron chi connectivity index (χ2n) is 7.25. The van der Waals surface area contributed by atoms with Crippen LogP contribution in [0, 0.1) is 0 Å².